The van der Waals surface area contributed by atoms with Crippen LogP contribution in [0.2, 0.25) is 0 Å². The van der Waals surface area contributed by atoms with Crippen molar-refractivity contribution in [1.29, 1.82) is 0 Å². The van der Waals surface area contributed by atoms with Crippen molar-refractivity contribution in [2.24, 2.45) is 4.99 Å². The second-order valence-electron chi connectivity index (χ2n) is 5.72. The summed E-state index contributed by atoms with van der Waals surface area (Å²) in [6, 6.07) is 9.89. The maximum Gasteiger partial charge on any atom is 0.191 e. The van der Waals surface area contributed by atoms with Crippen LogP contribution < -0.4 is 20.1 Å². The van der Waals surface area contributed by atoms with Crippen molar-refractivity contribution < 1.29 is 13.9 Å². The number of hydrogen-bond donors (Lipinski definition) is 2. The summed E-state index contributed by atoms with van der Waals surface area (Å²) in [6.07, 6.45) is 3.61. The number of benzene rings is 1. The van der Waals surface area contributed by atoms with Gasteiger partial charge in [0, 0.05) is 13.1 Å². The molecule has 0 fully saturated rings. The van der Waals surface area contributed by atoms with E-state index in [9.17, 15) is 0 Å². The molecule has 2 N–H and O–H groups in total. The number of furan rings is 1. The Morgan fingerprint density at radius 2 is 2.00 bits per heavy atom. The summed E-state index contributed by atoms with van der Waals surface area (Å²) >= 11 is 0. The van der Waals surface area contributed by atoms with Crippen LogP contribution in [0.15, 0.2) is 46.0 Å². The zero-order valence-corrected chi connectivity index (χ0v) is 18.6. The summed E-state index contributed by atoms with van der Waals surface area (Å²) in [5.41, 5.74) is 1.23. The Morgan fingerprint density at radius 1 is 1.15 bits per heavy atom. The normalized spacial score (nSPS) is 10.9. The first-order valence-corrected chi connectivity index (χ1v) is 9.11. The number of aryl methyl sites for hydroxylation is 1. The molecule has 0 saturated carbocycles. The summed E-state index contributed by atoms with van der Waals surface area (Å²) in [4.78, 5) is 4.53. The van der Waals surface area contributed by atoms with Crippen molar-refractivity contribution in [3.05, 3.63) is 47.9 Å². The SMILES string of the molecule is CCNC(=NCc1ccco1)NCCCc1ccc(OC)c(OCC)c1.I. The van der Waals surface area contributed by atoms with E-state index in [1.807, 2.05) is 25.1 Å². The Kier molecular flexibility index (Phi) is 11.4. The number of nitrogens with zero attached hydrogens (tertiary/aromatic N) is 1. The van der Waals surface area contributed by atoms with E-state index in [0.29, 0.717) is 13.2 Å². The lowest BCUT2D eigenvalue weighted by atomic mass is 10.1. The molecule has 0 unspecified atom stereocenters. The zero-order valence-electron chi connectivity index (χ0n) is 16.3. The molecule has 0 aliphatic rings. The quantitative estimate of drug-likeness (QED) is 0.230. The molecule has 0 bridgehead atoms. The molecule has 0 radical (unpaired) electrons. The van der Waals surface area contributed by atoms with E-state index in [1.54, 1.807) is 13.4 Å². The molecule has 0 saturated heterocycles. The largest absolute Gasteiger partial charge is 0.493 e. The van der Waals surface area contributed by atoms with Gasteiger partial charge in [0.1, 0.15) is 12.3 Å². The molecule has 1 aromatic carbocycles. The lowest BCUT2D eigenvalue weighted by Gasteiger charge is -2.12. The van der Waals surface area contributed by atoms with Gasteiger partial charge in [0.05, 0.1) is 20.0 Å². The fourth-order valence-electron chi connectivity index (χ4n) is 2.55. The van der Waals surface area contributed by atoms with Gasteiger partial charge in [0.25, 0.3) is 0 Å². The van der Waals surface area contributed by atoms with Crippen molar-refractivity contribution >= 4 is 29.9 Å². The highest BCUT2D eigenvalue weighted by atomic mass is 127. The van der Waals surface area contributed by atoms with Gasteiger partial charge in [0.15, 0.2) is 17.5 Å². The number of hydrogen-bond acceptors (Lipinski definition) is 4. The summed E-state index contributed by atoms with van der Waals surface area (Å²) in [5.74, 6) is 3.22. The van der Waals surface area contributed by atoms with Crippen molar-refractivity contribution in [1.82, 2.24) is 10.6 Å². The monoisotopic (exact) mass is 487 g/mol. The van der Waals surface area contributed by atoms with Crippen LogP contribution in [-0.4, -0.2) is 32.8 Å². The molecule has 1 heterocycles. The minimum Gasteiger partial charge on any atom is -0.493 e. The molecule has 0 spiro atoms. The number of nitrogens with one attached hydrogen (secondary N) is 2. The summed E-state index contributed by atoms with van der Waals surface area (Å²) in [5, 5.41) is 6.60. The lowest BCUT2D eigenvalue weighted by molar-refractivity contribution is 0.310. The third-order valence-electron chi connectivity index (χ3n) is 3.78. The molecule has 6 nitrogen and oxygen atoms in total. The highest BCUT2D eigenvalue weighted by molar-refractivity contribution is 14.0. The Hall–Kier alpha value is -1.90. The van der Waals surface area contributed by atoms with Gasteiger partial charge in [-0.05, 0) is 56.5 Å². The molecule has 1 aromatic heterocycles. The first kappa shape index (κ1) is 23.1. The van der Waals surface area contributed by atoms with Crippen LogP contribution >= 0.6 is 24.0 Å². The van der Waals surface area contributed by atoms with E-state index < -0.39 is 0 Å². The predicted octanol–water partition coefficient (Wildman–Crippen LogP) is 3.99. The third kappa shape index (κ3) is 8.11. The maximum absolute atomic E-state index is 5.63. The molecular weight excluding hydrogens is 457 g/mol. The first-order chi connectivity index (χ1) is 12.8. The van der Waals surface area contributed by atoms with Crippen molar-refractivity contribution in [2.45, 2.75) is 33.2 Å². The maximum atomic E-state index is 5.63. The smallest absolute Gasteiger partial charge is 0.191 e. The summed E-state index contributed by atoms with van der Waals surface area (Å²) in [6.45, 7) is 6.83. The Labute approximate surface area is 178 Å². The van der Waals surface area contributed by atoms with E-state index in [-0.39, 0.29) is 24.0 Å². The number of rotatable bonds is 10. The number of ether oxygens (including phenoxy) is 2. The highest BCUT2D eigenvalue weighted by Crippen LogP contribution is 2.28. The van der Waals surface area contributed by atoms with Gasteiger partial charge in [-0.3, -0.25) is 0 Å². The number of guanidine groups is 1. The van der Waals surface area contributed by atoms with Crippen molar-refractivity contribution in [3.63, 3.8) is 0 Å². The van der Waals surface area contributed by atoms with Crippen molar-refractivity contribution in [3.8, 4) is 11.5 Å². The Morgan fingerprint density at radius 3 is 2.67 bits per heavy atom. The Bertz CT molecular complexity index is 675. The second kappa shape index (κ2) is 13.3. The minimum atomic E-state index is 0. The van der Waals surface area contributed by atoms with Gasteiger partial charge < -0.3 is 24.5 Å². The van der Waals surface area contributed by atoms with Gasteiger partial charge in [-0.2, -0.15) is 0 Å². The van der Waals surface area contributed by atoms with Gasteiger partial charge in [-0.25, -0.2) is 4.99 Å². The van der Waals surface area contributed by atoms with E-state index >= 15 is 0 Å². The van der Waals surface area contributed by atoms with Gasteiger partial charge >= 0.3 is 0 Å². The lowest BCUT2D eigenvalue weighted by Crippen LogP contribution is -2.37. The van der Waals surface area contributed by atoms with Crippen LogP contribution in [0.25, 0.3) is 0 Å². The zero-order chi connectivity index (χ0) is 18.6. The van der Waals surface area contributed by atoms with Gasteiger partial charge in [-0.1, -0.05) is 6.07 Å². The van der Waals surface area contributed by atoms with E-state index in [2.05, 4.69) is 34.7 Å². The van der Waals surface area contributed by atoms with Crippen LogP contribution in [0.3, 0.4) is 0 Å². The molecule has 150 valence electrons. The molecular formula is C20H30IN3O3. The third-order valence-corrected chi connectivity index (χ3v) is 3.78. The van der Waals surface area contributed by atoms with E-state index in [1.165, 1.54) is 5.56 Å². The molecule has 2 rings (SSSR count). The van der Waals surface area contributed by atoms with Crippen LogP contribution in [0.1, 0.15) is 31.6 Å². The Balaban J connectivity index is 0.00000364. The van der Waals surface area contributed by atoms with Crippen LogP contribution in [0.4, 0.5) is 0 Å². The minimum absolute atomic E-state index is 0. The van der Waals surface area contributed by atoms with E-state index in [0.717, 1.165) is 49.1 Å². The molecule has 27 heavy (non-hydrogen) atoms. The number of aliphatic imine (C=N–C) groups is 1. The number of methoxy groups -OCH3 is 1. The molecule has 0 amide bonds. The van der Waals surface area contributed by atoms with Gasteiger partial charge in [0.2, 0.25) is 0 Å². The number of halogens is 1. The van der Waals surface area contributed by atoms with E-state index in [4.69, 9.17) is 13.9 Å². The van der Waals surface area contributed by atoms with Gasteiger partial charge in [-0.15, -0.1) is 24.0 Å². The molecule has 0 atom stereocenters. The predicted molar refractivity (Wildman–Crippen MR) is 119 cm³/mol. The van der Waals surface area contributed by atoms with Crippen LogP contribution in [-0.2, 0) is 13.0 Å². The van der Waals surface area contributed by atoms with Crippen LogP contribution in [0, 0.1) is 0 Å². The average Bonchev–Trinajstić information content (AvgIpc) is 3.17. The molecule has 0 aliphatic heterocycles. The van der Waals surface area contributed by atoms with Crippen molar-refractivity contribution in [2.75, 3.05) is 26.8 Å². The van der Waals surface area contributed by atoms with Crippen LogP contribution in [0.5, 0.6) is 11.5 Å². The molecule has 2 aromatic rings. The fraction of sp³-hybridized carbons (Fsp3) is 0.450. The molecule has 0 aliphatic carbocycles. The summed E-state index contributed by atoms with van der Waals surface area (Å²) < 4.78 is 16.3. The average molecular weight is 487 g/mol. The standard InChI is InChI=1S/C20H29N3O3.HI/c1-4-21-20(23-15-17-9-7-13-26-17)22-12-6-8-16-10-11-18(24-3)19(14-16)25-5-2;/h7,9-11,13-14H,4-6,8,12,15H2,1-3H3,(H2,21,22,23);1H. The first-order valence-electron chi connectivity index (χ1n) is 9.11. The summed E-state index contributed by atoms with van der Waals surface area (Å²) in [7, 11) is 1.66. The fourth-order valence-corrected chi connectivity index (χ4v) is 2.55. The highest BCUT2D eigenvalue weighted by Gasteiger charge is 2.05. The molecule has 7 heteroatoms. The second-order valence-corrected chi connectivity index (χ2v) is 5.72. The topological polar surface area (TPSA) is 68.0 Å².